The maximum Gasteiger partial charge on any atom is 0.356 e. The van der Waals surface area contributed by atoms with Crippen molar-refractivity contribution in [2.45, 2.75) is 6.55 Å². The van der Waals surface area contributed by atoms with E-state index < -0.39 is 18.4 Å². The van der Waals surface area contributed by atoms with Crippen LogP contribution in [0, 0.1) is 0 Å². The van der Waals surface area contributed by atoms with Crippen molar-refractivity contribution in [2.24, 2.45) is 7.05 Å². The van der Waals surface area contributed by atoms with E-state index in [1.54, 1.807) is 0 Å². The van der Waals surface area contributed by atoms with Crippen LogP contribution in [0.15, 0.2) is 18.5 Å². The Hall–Kier alpha value is -2.78. The summed E-state index contributed by atoms with van der Waals surface area (Å²) in [6.45, 7) is -2.86. The molecular weight excluding hydrogens is 276 g/mol. The quantitative estimate of drug-likeness (QED) is 0.871. The number of nitrogens with one attached hydrogen (secondary N) is 1. The lowest BCUT2D eigenvalue weighted by molar-refractivity contribution is 0.0561. The van der Waals surface area contributed by atoms with Gasteiger partial charge in [-0.3, -0.25) is 9.48 Å². The number of aromatic carboxylic acids is 1. The second-order valence-corrected chi connectivity index (χ2v) is 3.75. The SMILES string of the molecule is Cn1ncc(NC(=O)c2ccn(C(F)F)n2)c1C(=O)O. The minimum absolute atomic E-state index is 0.0448. The van der Waals surface area contributed by atoms with Crippen LogP contribution in [-0.2, 0) is 7.05 Å². The van der Waals surface area contributed by atoms with E-state index in [0.29, 0.717) is 4.68 Å². The van der Waals surface area contributed by atoms with E-state index in [1.165, 1.54) is 7.05 Å². The summed E-state index contributed by atoms with van der Waals surface area (Å²) < 4.78 is 26.0. The molecule has 0 aliphatic rings. The Morgan fingerprint density at radius 3 is 2.70 bits per heavy atom. The van der Waals surface area contributed by atoms with Gasteiger partial charge in [0.2, 0.25) is 0 Å². The van der Waals surface area contributed by atoms with Gasteiger partial charge in [-0.25, -0.2) is 9.48 Å². The smallest absolute Gasteiger partial charge is 0.356 e. The van der Waals surface area contributed by atoms with Gasteiger partial charge in [-0.05, 0) is 6.07 Å². The van der Waals surface area contributed by atoms with Crippen molar-refractivity contribution in [3.05, 3.63) is 29.8 Å². The van der Waals surface area contributed by atoms with Crippen LogP contribution in [0.25, 0.3) is 0 Å². The van der Waals surface area contributed by atoms with E-state index in [1.807, 2.05) is 0 Å². The molecule has 2 aromatic rings. The number of rotatable bonds is 4. The molecular formula is C10H9F2N5O3. The Labute approximate surface area is 110 Å². The third-order valence-corrected chi connectivity index (χ3v) is 2.43. The molecule has 0 bridgehead atoms. The normalized spacial score (nSPS) is 10.8. The van der Waals surface area contributed by atoms with Gasteiger partial charge in [-0.15, -0.1) is 0 Å². The van der Waals surface area contributed by atoms with E-state index in [4.69, 9.17) is 5.11 Å². The van der Waals surface area contributed by atoms with Crippen molar-refractivity contribution in [1.82, 2.24) is 19.6 Å². The Bertz CT molecular complexity index is 664. The minimum Gasteiger partial charge on any atom is -0.476 e. The molecule has 0 saturated heterocycles. The molecule has 0 aliphatic carbocycles. The average Bonchev–Trinajstić information content (AvgIpc) is 2.96. The van der Waals surface area contributed by atoms with Gasteiger partial charge >= 0.3 is 12.5 Å². The zero-order valence-corrected chi connectivity index (χ0v) is 10.1. The Kier molecular flexibility index (Phi) is 3.46. The number of nitrogens with zero attached hydrogens (tertiary/aromatic N) is 4. The van der Waals surface area contributed by atoms with Gasteiger partial charge in [0.25, 0.3) is 5.91 Å². The molecule has 106 valence electrons. The highest BCUT2D eigenvalue weighted by Crippen LogP contribution is 2.15. The van der Waals surface area contributed by atoms with Crippen LogP contribution in [0.4, 0.5) is 14.5 Å². The number of alkyl halides is 2. The lowest BCUT2D eigenvalue weighted by Gasteiger charge is -2.02. The van der Waals surface area contributed by atoms with Crippen molar-refractivity contribution < 1.29 is 23.5 Å². The number of carboxylic acids is 1. The summed E-state index contributed by atoms with van der Waals surface area (Å²) in [5.41, 5.74) is -0.534. The van der Waals surface area contributed by atoms with Crippen molar-refractivity contribution in [3.63, 3.8) is 0 Å². The van der Waals surface area contributed by atoms with Crippen LogP contribution >= 0.6 is 0 Å². The fourth-order valence-electron chi connectivity index (χ4n) is 1.54. The molecule has 0 aliphatic heterocycles. The van der Waals surface area contributed by atoms with Gasteiger partial charge in [0, 0.05) is 13.2 Å². The van der Waals surface area contributed by atoms with E-state index in [-0.39, 0.29) is 17.1 Å². The first-order valence-corrected chi connectivity index (χ1v) is 5.30. The Morgan fingerprint density at radius 2 is 2.15 bits per heavy atom. The lowest BCUT2D eigenvalue weighted by atomic mass is 10.3. The molecule has 0 aromatic carbocycles. The van der Waals surface area contributed by atoms with Gasteiger partial charge in [0.05, 0.1) is 11.9 Å². The van der Waals surface area contributed by atoms with Crippen LogP contribution in [0.2, 0.25) is 0 Å². The second kappa shape index (κ2) is 5.07. The molecule has 0 saturated carbocycles. The molecule has 20 heavy (non-hydrogen) atoms. The van der Waals surface area contributed by atoms with Crippen LogP contribution in [0.3, 0.4) is 0 Å². The minimum atomic E-state index is -2.86. The predicted molar refractivity (Wildman–Crippen MR) is 61.6 cm³/mol. The van der Waals surface area contributed by atoms with Crippen molar-refractivity contribution >= 4 is 17.6 Å². The Balaban J connectivity index is 2.21. The lowest BCUT2D eigenvalue weighted by Crippen LogP contribution is -2.16. The number of anilines is 1. The van der Waals surface area contributed by atoms with Gasteiger partial charge in [-0.2, -0.15) is 19.0 Å². The van der Waals surface area contributed by atoms with E-state index >= 15 is 0 Å². The van der Waals surface area contributed by atoms with Crippen LogP contribution in [-0.4, -0.2) is 36.5 Å². The molecule has 0 radical (unpaired) electrons. The zero-order valence-electron chi connectivity index (χ0n) is 10.1. The van der Waals surface area contributed by atoms with Crippen LogP contribution < -0.4 is 5.32 Å². The third kappa shape index (κ3) is 2.48. The molecule has 2 rings (SSSR count). The number of hydrogen-bond acceptors (Lipinski definition) is 4. The molecule has 1 amide bonds. The number of carboxylic acid groups (broad SMARTS) is 1. The maximum absolute atomic E-state index is 12.3. The van der Waals surface area contributed by atoms with Crippen LogP contribution in [0.5, 0.6) is 0 Å². The highest BCUT2D eigenvalue weighted by molar-refractivity contribution is 6.06. The average molecular weight is 285 g/mol. The first-order valence-electron chi connectivity index (χ1n) is 5.30. The van der Waals surface area contributed by atoms with Crippen LogP contribution in [0.1, 0.15) is 27.5 Å². The fraction of sp³-hybridized carbons (Fsp3) is 0.200. The molecule has 0 spiro atoms. The summed E-state index contributed by atoms with van der Waals surface area (Å²) in [4.78, 5) is 22.8. The molecule has 0 atom stereocenters. The molecule has 2 heterocycles. The molecule has 2 N–H and O–H groups in total. The first-order chi connectivity index (χ1) is 9.40. The highest BCUT2D eigenvalue weighted by atomic mass is 19.3. The van der Waals surface area contributed by atoms with Crippen molar-refractivity contribution in [2.75, 3.05) is 5.32 Å². The van der Waals surface area contributed by atoms with E-state index in [2.05, 4.69) is 15.5 Å². The van der Waals surface area contributed by atoms with Crippen molar-refractivity contribution in [1.29, 1.82) is 0 Å². The zero-order chi connectivity index (χ0) is 14.9. The number of amides is 1. The van der Waals surface area contributed by atoms with E-state index in [9.17, 15) is 18.4 Å². The van der Waals surface area contributed by atoms with Gasteiger partial charge in [-0.1, -0.05) is 0 Å². The summed E-state index contributed by atoms with van der Waals surface area (Å²) >= 11 is 0. The number of hydrogen-bond donors (Lipinski definition) is 2. The third-order valence-electron chi connectivity index (χ3n) is 2.43. The predicted octanol–water partition coefficient (Wildman–Crippen LogP) is 0.962. The highest BCUT2D eigenvalue weighted by Gasteiger charge is 2.20. The summed E-state index contributed by atoms with van der Waals surface area (Å²) in [6, 6.07) is 1.10. The monoisotopic (exact) mass is 285 g/mol. The summed E-state index contributed by atoms with van der Waals surface area (Å²) in [5, 5.41) is 18.3. The number of carbonyl (C=O) groups excluding carboxylic acids is 1. The number of aryl methyl sites for hydroxylation is 1. The maximum atomic E-state index is 12.3. The Morgan fingerprint density at radius 1 is 1.45 bits per heavy atom. The molecule has 2 aromatic heterocycles. The molecule has 0 fully saturated rings. The van der Waals surface area contributed by atoms with Gasteiger partial charge in [0.1, 0.15) is 0 Å². The first kappa shape index (κ1) is 13.6. The van der Waals surface area contributed by atoms with E-state index in [0.717, 1.165) is 23.1 Å². The van der Waals surface area contributed by atoms with Crippen molar-refractivity contribution in [3.8, 4) is 0 Å². The fourth-order valence-corrected chi connectivity index (χ4v) is 1.54. The summed E-state index contributed by atoms with van der Waals surface area (Å²) in [5.74, 6) is -2.08. The largest absolute Gasteiger partial charge is 0.476 e. The number of carbonyl (C=O) groups is 2. The second-order valence-electron chi connectivity index (χ2n) is 3.75. The summed E-state index contributed by atoms with van der Waals surface area (Å²) in [6.07, 6.45) is 2.09. The number of aromatic nitrogens is 4. The number of halogens is 2. The standard InChI is InChI=1S/C10H9F2N5O3/c1-16-7(9(19)20)6(4-13-16)14-8(18)5-2-3-17(15-5)10(11)12/h2-4,10H,1H3,(H,14,18)(H,19,20). The van der Waals surface area contributed by atoms with Gasteiger partial charge in [0.15, 0.2) is 11.4 Å². The summed E-state index contributed by atoms with van der Waals surface area (Å²) in [7, 11) is 1.39. The van der Waals surface area contributed by atoms with Gasteiger partial charge < -0.3 is 10.4 Å². The molecule has 0 unspecified atom stereocenters. The molecule has 8 nitrogen and oxygen atoms in total. The molecule has 10 heteroatoms. The topological polar surface area (TPSA) is 102 Å².